The Kier molecular flexibility index (Phi) is 4.90. The smallest absolute Gasteiger partial charge is 0.324 e. The van der Waals surface area contributed by atoms with Crippen LogP contribution in [0.25, 0.3) is 0 Å². The number of alkyl halides is 3. The van der Waals surface area contributed by atoms with E-state index in [1.54, 1.807) is 6.92 Å². The molecule has 0 saturated carbocycles. The van der Waals surface area contributed by atoms with Crippen LogP contribution in [-0.4, -0.2) is 0 Å². The number of hydrogen-bond donors (Lipinski definition) is 1. The maximum absolute atomic E-state index is 12.3. The third-order valence-electron chi connectivity index (χ3n) is 1.77. The summed E-state index contributed by atoms with van der Waals surface area (Å²) in [4.78, 5) is 0. The molecule has 0 aliphatic carbocycles. The molecule has 1 aromatic rings. The first-order chi connectivity index (χ1) is 6.30. The van der Waals surface area contributed by atoms with Crippen LogP contribution in [0.3, 0.4) is 0 Å². The predicted octanol–water partition coefficient (Wildman–Crippen LogP) is 3.80. The molecule has 1 aromatic carbocycles. The highest BCUT2D eigenvalue weighted by Gasteiger charge is 2.31. The molecule has 0 aromatic heterocycles. The van der Waals surface area contributed by atoms with E-state index in [1.807, 2.05) is 0 Å². The standard InChI is InChI=1S/C9H9ClF3N.ClH/c1-5(14)6-2-7(9(11,12)13)4-8(10)3-6;/h2-5H,14H2,1H3;1H/t5-;/m0./s1. The molecule has 6 heteroatoms. The van der Waals surface area contributed by atoms with Crippen LogP contribution in [0.5, 0.6) is 0 Å². The summed E-state index contributed by atoms with van der Waals surface area (Å²) in [6.45, 7) is 1.60. The molecule has 0 radical (unpaired) electrons. The van der Waals surface area contributed by atoms with Gasteiger partial charge in [0.1, 0.15) is 0 Å². The Morgan fingerprint density at radius 2 is 1.80 bits per heavy atom. The lowest BCUT2D eigenvalue weighted by Crippen LogP contribution is -2.09. The minimum absolute atomic E-state index is 0. The summed E-state index contributed by atoms with van der Waals surface area (Å²) >= 11 is 5.54. The van der Waals surface area contributed by atoms with Gasteiger partial charge in [-0.1, -0.05) is 11.6 Å². The van der Waals surface area contributed by atoms with Crippen LogP contribution in [0.2, 0.25) is 5.02 Å². The van der Waals surface area contributed by atoms with E-state index in [0.717, 1.165) is 12.1 Å². The lowest BCUT2D eigenvalue weighted by atomic mass is 10.1. The molecule has 0 fully saturated rings. The molecule has 0 unspecified atom stereocenters. The third kappa shape index (κ3) is 3.89. The van der Waals surface area contributed by atoms with E-state index in [1.165, 1.54) is 6.07 Å². The summed E-state index contributed by atoms with van der Waals surface area (Å²) in [5.41, 5.74) is 5.08. The molecule has 0 heterocycles. The van der Waals surface area contributed by atoms with Crippen molar-refractivity contribution in [3.63, 3.8) is 0 Å². The van der Waals surface area contributed by atoms with Crippen LogP contribution < -0.4 is 5.73 Å². The first-order valence-electron chi connectivity index (χ1n) is 3.94. The monoisotopic (exact) mass is 259 g/mol. The average molecular weight is 260 g/mol. The van der Waals surface area contributed by atoms with Gasteiger partial charge < -0.3 is 5.73 Å². The van der Waals surface area contributed by atoms with Crippen molar-refractivity contribution in [2.45, 2.75) is 19.1 Å². The number of benzene rings is 1. The van der Waals surface area contributed by atoms with E-state index in [9.17, 15) is 13.2 Å². The molecule has 1 atom stereocenters. The van der Waals surface area contributed by atoms with E-state index in [4.69, 9.17) is 17.3 Å². The fourth-order valence-corrected chi connectivity index (χ4v) is 1.28. The van der Waals surface area contributed by atoms with E-state index >= 15 is 0 Å². The van der Waals surface area contributed by atoms with E-state index in [0.29, 0.717) is 5.56 Å². The Hall–Kier alpha value is -0.450. The second-order valence-corrected chi connectivity index (χ2v) is 3.50. The molecule has 1 rings (SSSR count). The Labute approximate surface area is 96.8 Å². The molecule has 0 amide bonds. The highest BCUT2D eigenvalue weighted by Crippen LogP contribution is 2.32. The first-order valence-corrected chi connectivity index (χ1v) is 4.32. The Balaban J connectivity index is 0.00000196. The molecule has 0 aliphatic rings. The van der Waals surface area contributed by atoms with Crippen molar-refractivity contribution in [1.82, 2.24) is 0 Å². The van der Waals surface area contributed by atoms with Crippen LogP contribution in [0, 0.1) is 0 Å². The lowest BCUT2D eigenvalue weighted by Gasteiger charge is -2.11. The second-order valence-electron chi connectivity index (χ2n) is 3.06. The van der Waals surface area contributed by atoms with E-state index < -0.39 is 17.8 Å². The Bertz CT molecular complexity index is 337. The van der Waals surface area contributed by atoms with Gasteiger partial charge in [0.05, 0.1) is 5.56 Å². The van der Waals surface area contributed by atoms with Gasteiger partial charge in [-0.2, -0.15) is 13.2 Å². The molecule has 2 N–H and O–H groups in total. The summed E-state index contributed by atoms with van der Waals surface area (Å²) in [5, 5.41) is 0.0483. The van der Waals surface area contributed by atoms with Crippen LogP contribution in [0.4, 0.5) is 13.2 Å². The average Bonchev–Trinajstić information content (AvgIpc) is 2.01. The van der Waals surface area contributed by atoms with Crippen molar-refractivity contribution in [2.75, 3.05) is 0 Å². The maximum atomic E-state index is 12.3. The van der Waals surface area contributed by atoms with Crippen molar-refractivity contribution < 1.29 is 13.2 Å². The van der Waals surface area contributed by atoms with E-state index in [2.05, 4.69) is 0 Å². The normalized spacial score (nSPS) is 13.2. The molecule has 86 valence electrons. The van der Waals surface area contributed by atoms with Crippen LogP contribution >= 0.6 is 24.0 Å². The first kappa shape index (κ1) is 14.6. The molecule has 0 aliphatic heterocycles. The predicted molar refractivity (Wildman–Crippen MR) is 56.3 cm³/mol. The largest absolute Gasteiger partial charge is 0.416 e. The van der Waals surface area contributed by atoms with Gasteiger partial charge in [0, 0.05) is 11.1 Å². The fourth-order valence-electron chi connectivity index (χ4n) is 1.04. The zero-order valence-electron chi connectivity index (χ0n) is 7.81. The Morgan fingerprint density at radius 1 is 1.27 bits per heavy atom. The highest BCUT2D eigenvalue weighted by atomic mass is 35.5. The fraction of sp³-hybridized carbons (Fsp3) is 0.333. The zero-order chi connectivity index (χ0) is 10.9. The van der Waals surface area contributed by atoms with E-state index in [-0.39, 0.29) is 17.4 Å². The zero-order valence-corrected chi connectivity index (χ0v) is 9.38. The molecule has 0 spiro atoms. The quantitative estimate of drug-likeness (QED) is 0.816. The van der Waals surface area contributed by atoms with Crippen molar-refractivity contribution >= 4 is 24.0 Å². The number of halogens is 5. The van der Waals surface area contributed by atoms with Gasteiger partial charge in [0.25, 0.3) is 0 Å². The molecule has 0 bridgehead atoms. The second kappa shape index (κ2) is 5.05. The van der Waals surface area contributed by atoms with Crippen molar-refractivity contribution in [3.05, 3.63) is 34.3 Å². The van der Waals surface area contributed by atoms with Gasteiger partial charge in [0.2, 0.25) is 0 Å². The molecule has 0 saturated heterocycles. The summed E-state index contributed by atoms with van der Waals surface area (Å²) < 4.78 is 36.9. The molecular formula is C9H10Cl2F3N. The molecule has 15 heavy (non-hydrogen) atoms. The summed E-state index contributed by atoms with van der Waals surface area (Å²) in [6.07, 6.45) is -4.38. The maximum Gasteiger partial charge on any atom is 0.416 e. The summed E-state index contributed by atoms with van der Waals surface area (Å²) in [6, 6.07) is 2.86. The number of hydrogen-bond acceptors (Lipinski definition) is 1. The summed E-state index contributed by atoms with van der Waals surface area (Å²) in [7, 11) is 0. The van der Waals surface area contributed by atoms with Crippen molar-refractivity contribution in [2.24, 2.45) is 5.73 Å². The van der Waals surface area contributed by atoms with Gasteiger partial charge >= 0.3 is 6.18 Å². The number of rotatable bonds is 1. The van der Waals surface area contributed by atoms with Gasteiger partial charge in [-0.15, -0.1) is 12.4 Å². The minimum Gasteiger partial charge on any atom is -0.324 e. The molecule has 1 nitrogen and oxygen atoms in total. The van der Waals surface area contributed by atoms with Crippen LogP contribution in [0.1, 0.15) is 24.1 Å². The van der Waals surface area contributed by atoms with Crippen molar-refractivity contribution in [3.8, 4) is 0 Å². The van der Waals surface area contributed by atoms with Gasteiger partial charge in [0.15, 0.2) is 0 Å². The summed E-state index contributed by atoms with van der Waals surface area (Å²) in [5.74, 6) is 0. The van der Waals surface area contributed by atoms with Gasteiger partial charge in [-0.25, -0.2) is 0 Å². The van der Waals surface area contributed by atoms with Crippen LogP contribution in [0.15, 0.2) is 18.2 Å². The van der Waals surface area contributed by atoms with Crippen LogP contribution in [-0.2, 0) is 6.18 Å². The minimum atomic E-state index is -4.38. The van der Waals surface area contributed by atoms with Gasteiger partial charge in [-0.3, -0.25) is 0 Å². The van der Waals surface area contributed by atoms with Crippen molar-refractivity contribution in [1.29, 1.82) is 0 Å². The third-order valence-corrected chi connectivity index (χ3v) is 1.99. The lowest BCUT2D eigenvalue weighted by molar-refractivity contribution is -0.137. The number of nitrogens with two attached hydrogens (primary N) is 1. The SMILES string of the molecule is C[C@H](N)c1cc(Cl)cc(C(F)(F)F)c1.Cl. The van der Waals surface area contributed by atoms with Gasteiger partial charge in [-0.05, 0) is 30.7 Å². The molecular weight excluding hydrogens is 250 g/mol. The topological polar surface area (TPSA) is 26.0 Å². The Morgan fingerprint density at radius 3 is 2.20 bits per heavy atom. The highest BCUT2D eigenvalue weighted by molar-refractivity contribution is 6.30.